The van der Waals surface area contributed by atoms with Crippen molar-refractivity contribution >= 4 is 27.3 Å². The number of hydrogen-bond acceptors (Lipinski definition) is 4. The van der Waals surface area contributed by atoms with E-state index in [-0.39, 0.29) is 4.90 Å². The maximum atomic E-state index is 11.5. The molecule has 0 aromatic heterocycles. The molecule has 2 aromatic rings. The van der Waals surface area contributed by atoms with Crippen molar-refractivity contribution in [1.29, 1.82) is 0 Å². The minimum absolute atomic E-state index is 0.0689. The van der Waals surface area contributed by atoms with Crippen molar-refractivity contribution in [2.24, 2.45) is 5.14 Å². The van der Waals surface area contributed by atoms with E-state index in [0.29, 0.717) is 18.0 Å². The molecule has 24 heavy (non-hydrogen) atoms. The van der Waals surface area contributed by atoms with Crippen LogP contribution in [0.5, 0.6) is 5.75 Å². The van der Waals surface area contributed by atoms with Gasteiger partial charge in [-0.2, -0.15) is 0 Å². The Hall–Kier alpha value is -1.76. The highest BCUT2D eigenvalue weighted by atomic mass is 35.5. The number of hydrogen-bond donors (Lipinski definition) is 2. The molecular formula is C17H19ClN2O3S. The predicted octanol–water partition coefficient (Wildman–Crippen LogP) is 3.31. The lowest BCUT2D eigenvalue weighted by atomic mass is 10.0. The maximum absolute atomic E-state index is 11.5. The second-order valence-electron chi connectivity index (χ2n) is 5.79. The largest absolute Gasteiger partial charge is 0.487 e. The SMILES string of the molecule is NS(=O)(=O)c1ccc2c(c1)NCCCCc1cc(Cl)ccc1CO2. The van der Waals surface area contributed by atoms with Crippen LogP contribution in [0.25, 0.3) is 0 Å². The van der Waals surface area contributed by atoms with E-state index in [1.807, 2.05) is 18.2 Å². The van der Waals surface area contributed by atoms with Crippen molar-refractivity contribution in [1.82, 2.24) is 0 Å². The lowest BCUT2D eigenvalue weighted by molar-refractivity contribution is 0.306. The van der Waals surface area contributed by atoms with Gasteiger partial charge in [-0.05, 0) is 60.7 Å². The van der Waals surface area contributed by atoms with E-state index < -0.39 is 10.0 Å². The van der Waals surface area contributed by atoms with Crippen LogP contribution in [-0.2, 0) is 23.1 Å². The Kier molecular flexibility index (Phi) is 4.99. The topological polar surface area (TPSA) is 81.4 Å². The lowest BCUT2D eigenvalue weighted by Gasteiger charge is -2.14. The van der Waals surface area contributed by atoms with E-state index in [2.05, 4.69) is 5.32 Å². The Bertz CT molecular complexity index is 853. The average molecular weight is 367 g/mol. The number of sulfonamides is 1. The maximum Gasteiger partial charge on any atom is 0.238 e. The normalized spacial score (nSPS) is 15.2. The van der Waals surface area contributed by atoms with Crippen LogP contribution in [0.4, 0.5) is 5.69 Å². The summed E-state index contributed by atoms with van der Waals surface area (Å²) in [7, 11) is -3.74. The number of fused-ring (bicyclic) bond motifs is 2. The highest BCUT2D eigenvalue weighted by Crippen LogP contribution is 2.30. The molecule has 0 spiro atoms. The van der Waals surface area contributed by atoms with Gasteiger partial charge in [-0.3, -0.25) is 0 Å². The van der Waals surface area contributed by atoms with Crippen molar-refractivity contribution < 1.29 is 13.2 Å². The Morgan fingerprint density at radius 3 is 2.71 bits per heavy atom. The molecule has 0 aliphatic carbocycles. The summed E-state index contributed by atoms with van der Waals surface area (Å²) in [6.07, 6.45) is 2.88. The van der Waals surface area contributed by atoms with E-state index in [1.165, 1.54) is 17.7 Å². The Morgan fingerprint density at radius 1 is 1.08 bits per heavy atom. The third-order valence-electron chi connectivity index (χ3n) is 4.02. The van der Waals surface area contributed by atoms with Crippen LogP contribution in [0.15, 0.2) is 41.3 Å². The van der Waals surface area contributed by atoms with E-state index in [1.54, 1.807) is 6.07 Å². The second-order valence-corrected chi connectivity index (χ2v) is 7.79. The van der Waals surface area contributed by atoms with Crippen LogP contribution in [-0.4, -0.2) is 15.0 Å². The van der Waals surface area contributed by atoms with E-state index in [4.69, 9.17) is 21.5 Å². The molecule has 0 bridgehead atoms. The highest BCUT2D eigenvalue weighted by molar-refractivity contribution is 7.89. The molecule has 0 fully saturated rings. The van der Waals surface area contributed by atoms with Crippen molar-refractivity contribution in [2.45, 2.75) is 30.8 Å². The molecule has 7 heteroatoms. The molecule has 0 saturated carbocycles. The molecule has 1 aliphatic rings. The van der Waals surface area contributed by atoms with Gasteiger partial charge in [0.15, 0.2) is 0 Å². The zero-order valence-electron chi connectivity index (χ0n) is 13.1. The lowest BCUT2D eigenvalue weighted by Crippen LogP contribution is -2.13. The molecule has 2 aromatic carbocycles. The summed E-state index contributed by atoms with van der Waals surface area (Å²) in [4.78, 5) is 0.0689. The minimum atomic E-state index is -3.74. The number of aryl methyl sites for hydroxylation is 1. The van der Waals surface area contributed by atoms with Gasteiger partial charge in [0.1, 0.15) is 12.4 Å². The minimum Gasteiger partial charge on any atom is -0.487 e. The first-order chi connectivity index (χ1) is 11.4. The zero-order valence-corrected chi connectivity index (χ0v) is 14.7. The number of ether oxygens (including phenoxy) is 1. The number of nitrogens with one attached hydrogen (secondary N) is 1. The van der Waals surface area contributed by atoms with E-state index in [9.17, 15) is 8.42 Å². The fraction of sp³-hybridized carbons (Fsp3) is 0.294. The van der Waals surface area contributed by atoms with Gasteiger partial charge in [-0.25, -0.2) is 13.6 Å². The first-order valence-electron chi connectivity index (χ1n) is 7.74. The first kappa shape index (κ1) is 17.1. The molecule has 128 valence electrons. The smallest absolute Gasteiger partial charge is 0.238 e. The summed E-state index contributed by atoms with van der Waals surface area (Å²) in [6.45, 7) is 1.12. The van der Waals surface area contributed by atoms with Gasteiger partial charge in [0.2, 0.25) is 10.0 Å². The quantitative estimate of drug-likeness (QED) is 0.811. The van der Waals surface area contributed by atoms with Gasteiger partial charge < -0.3 is 10.1 Å². The molecule has 1 aliphatic heterocycles. The van der Waals surface area contributed by atoms with Crippen molar-refractivity contribution in [2.75, 3.05) is 11.9 Å². The fourth-order valence-electron chi connectivity index (χ4n) is 2.74. The second kappa shape index (κ2) is 7.01. The molecule has 0 amide bonds. The Morgan fingerprint density at radius 2 is 1.92 bits per heavy atom. The number of anilines is 1. The molecule has 0 unspecified atom stereocenters. The zero-order chi connectivity index (χ0) is 17.2. The van der Waals surface area contributed by atoms with Crippen LogP contribution in [0.1, 0.15) is 24.0 Å². The standard InChI is InChI=1S/C17H19ClN2O3S/c18-14-5-4-13-11-23-17-7-6-15(24(19,21)22)10-16(17)20-8-2-1-3-12(13)9-14/h4-7,9-10,20H,1-3,8,11H2,(H2,19,21,22). The molecule has 3 rings (SSSR count). The molecule has 5 nitrogen and oxygen atoms in total. The van der Waals surface area contributed by atoms with Gasteiger partial charge in [0, 0.05) is 11.6 Å². The van der Waals surface area contributed by atoms with Crippen LogP contribution < -0.4 is 15.2 Å². The van der Waals surface area contributed by atoms with Crippen LogP contribution in [0.3, 0.4) is 0 Å². The van der Waals surface area contributed by atoms with Gasteiger partial charge >= 0.3 is 0 Å². The van der Waals surface area contributed by atoms with Crippen molar-refractivity contribution in [3.63, 3.8) is 0 Å². The molecule has 0 radical (unpaired) electrons. The fourth-order valence-corrected chi connectivity index (χ4v) is 3.47. The predicted molar refractivity (Wildman–Crippen MR) is 95.0 cm³/mol. The molecular weight excluding hydrogens is 348 g/mol. The van der Waals surface area contributed by atoms with Crippen LogP contribution in [0.2, 0.25) is 5.02 Å². The van der Waals surface area contributed by atoms with Crippen LogP contribution in [0, 0.1) is 0 Å². The van der Waals surface area contributed by atoms with Crippen LogP contribution >= 0.6 is 11.6 Å². The number of nitrogens with two attached hydrogens (primary N) is 1. The summed E-state index contributed by atoms with van der Waals surface area (Å²) in [5.74, 6) is 0.602. The van der Waals surface area contributed by atoms with Gasteiger partial charge in [-0.15, -0.1) is 0 Å². The Labute approximate surface area is 146 Å². The summed E-state index contributed by atoms with van der Waals surface area (Å²) >= 11 is 6.10. The summed E-state index contributed by atoms with van der Waals surface area (Å²) in [5.41, 5.74) is 2.91. The Balaban J connectivity index is 1.94. The summed E-state index contributed by atoms with van der Waals surface area (Å²) < 4.78 is 29.0. The number of halogens is 1. The number of rotatable bonds is 1. The highest BCUT2D eigenvalue weighted by Gasteiger charge is 2.14. The average Bonchev–Trinajstić information content (AvgIpc) is 2.56. The van der Waals surface area contributed by atoms with Crippen molar-refractivity contribution in [3.05, 3.63) is 52.5 Å². The van der Waals surface area contributed by atoms with Gasteiger partial charge in [0.05, 0.1) is 10.6 Å². The van der Waals surface area contributed by atoms with Crippen molar-refractivity contribution in [3.8, 4) is 5.75 Å². The monoisotopic (exact) mass is 366 g/mol. The molecule has 0 saturated heterocycles. The third kappa shape index (κ3) is 4.01. The van der Waals surface area contributed by atoms with Gasteiger partial charge in [0.25, 0.3) is 0 Å². The third-order valence-corrected chi connectivity index (χ3v) is 5.17. The first-order valence-corrected chi connectivity index (χ1v) is 9.67. The van der Waals surface area contributed by atoms with E-state index >= 15 is 0 Å². The molecule has 3 N–H and O–H groups in total. The molecule has 1 heterocycles. The van der Waals surface area contributed by atoms with E-state index in [0.717, 1.165) is 36.4 Å². The summed E-state index contributed by atoms with van der Waals surface area (Å²) in [6, 6.07) is 10.4. The number of primary sulfonamides is 1. The number of benzene rings is 2. The summed E-state index contributed by atoms with van der Waals surface area (Å²) in [5, 5.41) is 9.17. The van der Waals surface area contributed by atoms with Gasteiger partial charge in [-0.1, -0.05) is 17.7 Å². The molecule has 0 atom stereocenters.